The third kappa shape index (κ3) is 2.12. The van der Waals surface area contributed by atoms with Crippen molar-refractivity contribution in [2.24, 2.45) is 0 Å². The molecule has 0 spiro atoms. The Morgan fingerprint density at radius 1 is 0.625 bits per heavy atom. The van der Waals surface area contributed by atoms with Gasteiger partial charge >= 0.3 is 109 Å². The van der Waals surface area contributed by atoms with Gasteiger partial charge in [0.2, 0.25) is 0 Å². The van der Waals surface area contributed by atoms with Crippen LogP contribution in [0.4, 0.5) is 0 Å². The summed E-state index contributed by atoms with van der Waals surface area (Å²) in [5.41, 5.74) is 3.19. The van der Waals surface area contributed by atoms with Crippen LogP contribution >= 0.6 is 0 Å². The van der Waals surface area contributed by atoms with Crippen molar-refractivity contribution in [3.63, 3.8) is 0 Å². The van der Waals surface area contributed by atoms with Gasteiger partial charge in [0.15, 0.2) is 0 Å². The zero-order valence-electron chi connectivity index (χ0n) is 8.85. The molecule has 0 amide bonds. The van der Waals surface area contributed by atoms with Crippen LogP contribution in [0.25, 0.3) is 0 Å². The number of rotatable bonds is 0. The van der Waals surface area contributed by atoms with Crippen LogP contribution in [0.15, 0.2) is 48.5 Å². The molecule has 0 aliphatic carbocycles. The first-order valence-electron chi connectivity index (χ1n) is 5.35. The Hall–Kier alpha value is -0.521. The van der Waals surface area contributed by atoms with Crippen molar-refractivity contribution in [3.8, 4) is 0 Å². The summed E-state index contributed by atoms with van der Waals surface area (Å²) in [6, 6.07) is 18.0. The Bertz CT molecular complexity index is 412. The van der Waals surface area contributed by atoms with E-state index >= 15 is 0 Å². The maximum atomic E-state index is 2.32. The van der Waals surface area contributed by atoms with Crippen LogP contribution < -0.4 is 8.92 Å². The molecule has 0 nitrogen and oxygen atoms in total. The zero-order valence-corrected chi connectivity index (χ0v) is 12.3. The molecule has 0 saturated heterocycles. The van der Waals surface area contributed by atoms with Crippen molar-refractivity contribution in [1.29, 1.82) is 0 Å². The molecule has 0 bridgehead atoms. The van der Waals surface area contributed by atoms with Gasteiger partial charge in [-0.05, 0) is 0 Å². The summed E-state index contributed by atoms with van der Waals surface area (Å²) in [5, 5.41) is 2.53. The van der Waals surface area contributed by atoms with E-state index in [0.29, 0.717) is 29.9 Å². The molecule has 2 aromatic carbocycles. The van der Waals surface area contributed by atoms with Crippen LogP contribution in [0, 0.1) is 0 Å². The summed E-state index contributed by atoms with van der Waals surface area (Å²) >= 11 is 1.23. The van der Waals surface area contributed by atoms with Crippen molar-refractivity contribution in [3.05, 3.63) is 59.7 Å². The molecule has 1 heterocycles. The van der Waals surface area contributed by atoms with E-state index < -0.39 is 0 Å². The molecule has 0 unspecified atom stereocenters. The van der Waals surface area contributed by atoms with Gasteiger partial charge in [0.1, 0.15) is 0 Å². The molecule has 0 N–H and O–H groups in total. The van der Waals surface area contributed by atoms with E-state index in [1.807, 2.05) is 0 Å². The summed E-state index contributed by atoms with van der Waals surface area (Å²) in [6.07, 6.45) is 0. The summed E-state index contributed by atoms with van der Waals surface area (Å²) < 4.78 is 3.23. The molecular formula is C14H12Se2. The van der Waals surface area contributed by atoms with Gasteiger partial charge in [-0.3, -0.25) is 0 Å². The van der Waals surface area contributed by atoms with Crippen molar-refractivity contribution in [2.45, 2.75) is 10.6 Å². The predicted octanol–water partition coefficient (Wildman–Crippen LogP) is 1.06. The summed E-state index contributed by atoms with van der Waals surface area (Å²) in [5.74, 6) is 0. The molecule has 2 heteroatoms. The Balaban J connectivity index is 1.97. The first-order chi connectivity index (χ1) is 7.93. The van der Waals surface area contributed by atoms with Crippen LogP contribution in [-0.2, 0) is 10.6 Å². The Labute approximate surface area is 109 Å². The predicted molar refractivity (Wildman–Crippen MR) is 71.1 cm³/mol. The Kier molecular flexibility index (Phi) is 3.17. The van der Waals surface area contributed by atoms with Crippen molar-refractivity contribution < 1.29 is 0 Å². The molecule has 80 valence electrons. The average Bonchev–Trinajstić information content (AvgIpc) is 2.32. The van der Waals surface area contributed by atoms with Crippen LogP contribution in [0.3, 0.4) is 0 Å². The molecule has 0 saturated carbocycles. The summed E-state index contributed by atoms with van der Waals surface area (Å²) in [6.45, 7) is 0. The van der Waals surface area contributed by atoms with Crippen LogP contribution in [0.5, 0.6) is 0 Å². The second-order valence-corrected chi connectivity index (χ2v) is 8.06. The van der Waals surface area contributed by atoms with Gasteiger partial charge in [-0.1, -0.05) is 0 Å². The monoisotopic (exact) mass is 340 g/mol. The normalized spacial score (nSPS) is 14.5. The van der Waals surface area contributed by atoms with Crippen LogP contribution in [0.1, 0.15) is 11.1 Å². The molecule has 0 radical (unpaired) electrons. The zero-order chi connectivity index (χ0) is 10.8. The maximum absolute atomic E-state index is 2.32. The van der Waals surface area contributed by atoms with Gasteiger partial charge in [0.25, 0.3) is 0 Å². The standard InChI is InChI=1S/C14H12Se2/c1-3-7-13-11(5-1)9-15-14-8-4-2-6-12(14)10-16-13/h1-8H,9-10H2. The number of benzene rings is 2. The summed E-state index contributed by atoms with van der Waals surface area (Å²) in [4.78, 5) is 0. The van der Waals surface area contributed by atoms with Crippen molar-refractivity contribution >= 4 is 38.8 Å². The molecule has 0 aromatic heterocycles. The first-order valence-corrected chi connectivity index (χ1v) is 9.48. The van der Waals surface area contributed by atoms with E-state index in [-0.39, 0.29) is 0 Å². The van der Waals surface area contributed by atoms with Gasteiger partial charge in [-0.25, -0.2) is 0 Å². The minimum absolute atomic E-state index is 0.614. The van der Waals surface area contributed by atoms with Crippen molar-refractivity contribution in [1.82, 2.24) is 0 Å². The Morgan fingerprint density at radius 2 is 1.06 bits per heavy atom. The second kappa shape index (κ2) is 4.77. The third-order valence-electron chi connectivity index (χ3n) is 2.71. The van der Waals surface area contributed by atoms with E-state index in [4.69, 9.17) is 0 Å². The van der Waals surface area contributed by atoms with Gasteiger partial charge in [-0.15, -0.1) is 0 Å². The van der Waals surface area contributed by atoms with Gasteiger partial charge in [0, 0.05) is 0 Å². The second-order valence-electron chi connectivity index (χ2n) is 3.79. The third-order valence-corrected chi connectivity index (χ3v) is 7.60. The van der Waals surface area contributed by atoms with Gasteiger partial charge in [-0.2, -0.15) is 0 Å². The fourth-order valence-corrected chi connectivity index (χ4v) is 7.23. The molecule has 0 atom stereocenters. The minimum atomic E-state index is 0.614. The fraction of sp³-hybridized carbons (Fsp3) is 0.143. The molecule has 2 aromatic rings. The average molecular weight is 338 g/mol. The van der Waals surface area contributed by atoms with Gasteiger partial charge in [0.05, 0.1) is 0 Å². The quantitative estimate of drug-likeness (QED) is 0.631. The molecule has 3 rings (SSSR count). The van der Waals surface area contributed by atoms with E-state index in [9.17, 15) is 0 Å². The molecule has 0 fully saturated rings. The molecule has 1 aliphatic rings. The molecule has 1 aliphatic heterocycles. The van der Waals surface area contributed by atoms with Crippen LogP contribution in [-0.4, -0.2) is 29.9 Å². The number of hydrogen-bond donors (Lipinski definition) is 0. The van der Waals surface area contributed by atoms with Crippen molar-refractivity contribution in [2.75, 3.05) is 0 Å². The fourth-order valence-electron chi connectivity index (χ4n) is 1.84. The first kappa shape index (κ1) is 10.6. The summed E-state index contributed by atoms with van der Waals surface area (Å²) in [7, 11) is 0. The van der Waals surface area contributed by atoms with E-state index in [2.05, 4.69) is 48.5 Å². The number of hydrogen-bond acceptors (Lipinski definition) is 0. The number of fused-ring (bicyclic) bond motifs is 2. The molecular weight excluding hydrogens is 326 g/mol. The van der Waals surface area contributed by atoms with Gasteiger partial charge < -0.3 is 0 Å². The SMILES string of the molecule is c1ccc2c(c1)C[Se]c1ccccc1C[Se]2. The Morgan fingerprint density at radius 3 is 1.56 bits per heavy atom. The molecule has 16 heavy (non-hydrogen) atoms. The van der Waals surface area contributed by atoms with E-state index in [1.165, 1.54) is 10.6 Å². The topological polar surface area (TPSA) is 0 Å². The van der Waals surface area contributed by atoms with E-state index in [0.717, 1.165) is 0 Å². The van der Waals surface area contributed by atoms with E-state index in [1.54, 1.807) is 20.1 Å². The van der Waals surface area contributed by atoms with Crippen LogP contribution in [0.2, 0.25) is 0 Å².